The van der Waals surface area contributed by atoms with Crippen LogP contribution in [0.25, 0.3) is 0 Å². The van der Waals surface area contributed by atoms with Crippen LogP contribution in [0.5, 0.6) is 5.75 Å². The van der Waals surface area contributed by atoms with Gasteiger partial charge in [-0.1, -0.05) is 12.1 Å². The number of methoxy groups -OCH3 is 1. The molecule has 0 radical (unpaired) electrons. The van der Waals surface area contributed by atoms with Crippen LogP contribution in [0.1, 0.15) is 25.3 Å². The fourth-order valence-electron chi connectivity index (χ4n) is 1.94. The summed E-state index contributed by atoms with van der Waals surface area (Å²) in [5.74, 6) is 1.05. The minimum absolute atomic E-state index is 0.364. The van der Waals surface area contributed by atoms with Crippen molar-refractivity contribution in [3.8, 4) is 5.75 Å². The summed E-state index contributed by atoms with van der Waals surface area (Å²) >= 11 is 0. The van der Waals surface area contributed by atoms with Crippen molar-refractivity contribution in [2.75, 3.05) is 13.7 Å². The van der Waals surface area contributed by atoms with E-state index in [2.05, 4.69) is 5.32 Å². The second-order valence-electron chi connectivity index (χ2n) is 5.05. The molecule has 0 aliphatic heterocycles. The third-order valence-electron chi connectivity index (χ3n) is 3.58. The molecule has 1 atom stereocenters. The molecule has 1 saturated carbocycles. The summed E-state index contributed by atoms with van der Waals surface area (Å²) in [5, 5.41) is 3.30. The number of rotatable bonds is 6. The molecule has 0 spiro atoms. The fourth-order valence-corrected chi connectivity index (χ4v) is 1.94. The van der Waals surface area contributed by atoms with E-state index in [4.69, 9.17) is 10.5 Å². The maximum atomic E-state index is 11.8. The number of carbonyl (C=O) groups excluding carboxylic acids is 1. The highest BCUT2D eigenvalue weighted by Gasteiger charge is 2.35. The molecule has 1 amide bonds. The number of ether oxygens (including phenoxy) is 1. The van der Waals surface area contributed by atoms with E-state index >= 15 is 0 Å². The van der Waals surface area contributed by atoms with E-state index in [1.54, 1.807) is 7.11 Å². The van der Waals surface area contributed by atoms with E-state index in [1.807, 2.05) is 31.2 Å². The Kier molecular flexibility index (Phi) is 3.57. The Labute approximate surface area is 108 Å². The molecule has 1 aromatic carbocycles. The van der Waals surface area contributed by atoms with Crippen molar-refractivity contribution in [3.63, 3.8) is 0 Å². The first kappa shape index (κ1) is 12.9. The summed E-state index contributed by atoms with van der Waals surface area (Å²) in [6, 6.07) is 7.47. The second-order valence-corrected chi connectivity index (χ2v) is 5.05. The van der Waals surface area contributed by atoms with Gasteiger partial charge in [-0.2, -0.15) is 0 Å². The zero-order valence-corrected chi connectivity index (χ0v) is 10.9. The number of hydrogen-bond acceptors (Lipinski definition) is 3. The molecule has 4 nitrogen and oxygen atoms in total. The Morgan fingerprint density at radius 1 is 1.56 bits per heavy atom. The van der Waals surface area contributed by atoms with E-state index in [9.17, 15) is 4.79 Å². The Hall–Kier alpha value is -1.55. The maximum Gasteiger partial charge on any atom is 0.242 e. The minimum atomic E-state index is -0.836. The Bertz CT molecular complexity index is 443. The molecule has 1 fully saturated rings. The minimum Gasteiger partial charge on any atom is -0.497 e. The van der Waals surface area contributed by atoms with Crippen molar-refractivity contribution < 1.29 is 9.53 Å². The van der Waals surface area contributed by atoms with Crippen LogP contribution in [0.15, 0.2) is 24.3 Å². The van der Waals surface area contributed by atoms with Crippen LogP contribution in [0.2, 0.25) is 0 Å². The normalized spacial score (nSPS) is 18.1. The molecular weight excluding hydrogens is 228 g/mol. The van der Waals surface area contributed by atoms with Gasteiger partial charge in [-0.3, -0.25) is 10.1 Å². The lowest BCUT2D eigenvalue weighted by Gasteiger charge is -2.28. The molecule has 1 aliphatic rings. The van der Waals surface area contributed by atoms with Gasteiger partial charge in [0.15, 0.2) is 0 Å². The van der Waals surface area contributed by atoms with Crippen molar-refractivity contribution >= 4 is 5.91 Å². The van der Waals surface area contributed by atoms with Crippen LogP contribution >= 0.6 is 0 Å². The second kappa shape index (κ2) is 4.98. The molecule has 0 heterocycles. The van der Waals surface area contributed by atoms with Crippen LogP contribution in [0, 0.1) is 5.92 Å². The van der Waals surface area contributed by atoms with E-state index in [0.29, 0.717) is 5.92 Å². The molecule has 1 aromatic rings. The largest absolute Gasteiger partial charge is 0.497 e. The molecule has 3 N–H and O–H groups in total. The Balaban J connectivity index is 2.23. The third kappa shape index (κ3) is 2.64. The molecule has 0 saturated heterocycles. The number of hydrogen-bond donors (Lipinski definition) is 2. The van der Waals surface area contributed by atoms with E-state index in [1.165, 1.54) is 12.8 Å². The van der Waals surface area contributed by atoms with Gasteiger partial charge in [0, 0.05) is 0 Å². The van der Waals surface area contributed by atoms with Crippen molar-refractivity contribution in [1.29, 1.82) is 0 Å². The average Bonchev–Trinajstić information content (AvgIpc) is 3.19. The maximum absolute atomic E-state index is 11.8. The molecule has 98 valence electrons. The molecule has 1 unspecified atom stereocenters. The summed E-state index contributed by atoms with van der Waals surface area (Å²) in [5.41, 5.74) is 5.57. The smallest absolute Gasteiger partial charge is 0.242 e. The Morgan fingerprint density at radius 3 is 2.83 bits per heavy atom. The van der Waals surface area contributed by atoms with Gasteiger partial charge in [-0.15, -0.1) is 0 Å². The lowest BCUT2D eigenvalue weighted by molar-refractivity contribution is -0.124. The first-order valence-corrected chi connectivity index (χ1v) is 6.25. The molecule has 2 rings (SSSR count). The van der Waals surface area contributed by atoms with E-state index < -0.39 is 5.54 Å². The summed E-state index contributed by atoms with van der Waals surface area (Å²) in [6.45, 7) is 2.66. The molecular formula is C14H20N2O2. The summed E-state index contributed by atoms with van der Waals surface area (Å²) in [6.07, 6.45) is 2.47. The summed E-state index contributed by atoms with van der Waals surface area (Å²) in [7, 11) is 1.61. The number of carbonyl (C=O) groups is 1. The monoisotopic (exact) mass is 248 g/mol. The van der Waals surface area contributed by atoms with Crippen LogP contribution < -0.4 is 15.8 Å². The lowest BCUT2D eigenvalue weighted by Crippen LogP contribution is -2.51. The van der Waals surface area contributed by atoms with Gasteiger partial charge in [0.05, 0.1) is 7.11 Å². The van der Waals surface area contributed by atoms with Crippen molar-refractivity contribution in [2.45, 2.75) is 25.3 Å². The van der Waals surface area contributed by atoms with Gasteiger partial charge in [0.25, 0.3) is 0 Å². The summed E-state index contributed by atoms with van der Waals surface area (Å²) in [4.78, 5) is 11.8. The van der Waals surface area contributed by atoms with Gasteiger partial charge in [0.1, 0.15) is 11.3 Å². The highest BCUT2D eigenvalue weighted by atomic mass is 16.5. The van der Waals surface area contributed by atoms with Gasteiger partial charge < -0.3 is 10.5 Å². The predicted molar refractivity (Wildman–Crippen MR) is 70.3 cm³/mol. The Morgan fingerprint density at radius 2 is 2.28 bits per heavy atom. The quantitative estimate of drug-likeness (QED) is 0.799. The average molecular weight is 248 g/mol. The topological polar surface area (TPSA) is 64.3 Å². The first-order chi connectivity index (χ1) is 8.56. The summed E-state index contributed by atoms with van der Waals surface area (Å²) < 4.78 is 5.19. The molecule has 0 bridgehead atoms. The van der Waals surface area contributed by atoms with Crippen LogP contribution in [0.4, 0.5) is 0 Å². The van der Waals surface area contributed by atoms with Crippen LogP contribution in [0.3, 0.4) is 0 Å². The van der Waals surface area contributed by atoms with Gasteiger partial charge in [-0.05, 0) is 49.9 Å². The number of nitrogens with two attached hydrogens (primary N) is 1. The van der Waals surface area contributed by atoms with E-state index in [0.717, 1.165) is 17.9 Å². The van der Waals surface area contributed by atoms with E-state index in [-0.39, 0.29) is 5.91 Å². The predicted octanol–water partition coefficient (Wildman–Crippen LogP) is 1.40. The molecule has 0 aromatic heterocycles. The first-order valence-electron chi connectivity index (χ1n) is 6.25. The zero-order chi connectivity index (χ0) is 13.2. The van der Waals surface area contributed by atoms with Crippen molar-refractivity contribution in [1.82, 2.24) is 5.32 Å². The number of nitrogens with one attached hydrogen (secondary N) is 1. The van der Waals surface area contributed by atoms with Crippen LogP contribution in [-0.2, 0) is 10.3 Å². The third-order valence-corrected chi connectivity index (χ3v) is 3.58. The molecule has 1 aliphatic carbocycles. The van der Waals surface area contributed by atoms with Crippen LogP contribution in [-0.4, -0.2) is 19.6 Å². The molecule has 18 heavy (non-hydrogen) atoms. The fraction of sp³-hybridized carbons (Fsp3) is 0.500. The van der Waals surface area contributed by atoms with Gasteiger partial charge >= 0.3 is 0 Å². The molecule has 4 heteroatoms. The van der Waals surface area contributed by atoms with Gasteiger partial charge in [0.2, 0.25) is 5.91 Å². The van der Waals surface area contributed by atoms with Crippen molar-refractivity contribution in [3.05, 3.63) is 29.8 Å². The number of amides is 1. The highest BCUT2D eigenvalue weighted by molar-refractivity contribution is 5.85. The van der Waals surface area contributed by atoms with Gasteiger partial charge in [-0.25, -0.2) is 0 Å². The van der Waals surface area contributed by atoms with Crippen molar-refractivity contribution in [2.24, 2.45) is 11.7 Å². The number of benzene rings is 1. The number of primary amides is 1. The SMILES string of the molecule is COc1cccc(C(C)(NCC2CC2)C(N)=O)c1. The standard InChI is InChI=1S/C14H20N2O2/c1-14(13(15)17,16-9-10-6-7-10)11-4-3-5-12(8-11)18-2/h3-5,8,10,16H,6-7,9H2,1-2H3,(H2,15,17). The lowest BCUT2D eigenvalue weighted by atomic mass is 9.91. The highest BCUT2D eigenvalue weighted by Crippen LogP contribution is 2.30. The zero-order valence-electron chi connectivity index (χ0n) is 10.9.